The molecular weight excluding hydrogens is 667 g/mol. The number of hydrogen-bond acceptors (Lipinski definition) is 8. The molecule has 51 heavy (non-hydrogen) atoms. The van der Waals surface area contributed by atoms with Gasteiger partial charge in [0.25, 0.3) is 0 Å². The first-order chi connectivity index (χ1) is 24.8. The summed E-state index contributed by atoms with van der Waals surface area (Å²) in [7, 11) is -4.53. The average Bonchev–Trinajstić information content (AvgIpc) is 3.12. The van der Waals surface area contributed by atoms with Crippen molar-refractivity contribution in [1.82, 2.24) is 0 Å². The highest BCUT2D eigenvalue weighted by Crippen LogP contribution is 2.43. The molecule has 0 amide bonds. The second kappa shape index (κ2) is 37.7. The van der Waals surface area contributed by atoms with Crippen LogP contribution in [0.4, 0.5) is 0 Å². The van der Waals surface area contributed by atoms with Crippen molar-refractivity contribution in [3.8, 4) is 0 Å². The van der Waals surface area contributed by atoms with E-state index in [-0.39, 0.29) is 13.0 Å². The second-order valence-electron chi connectivity index (χ2n) is 12.6. The van der Waals surface area contributed by atoms with Gasteiger partial charge in [-0.1, -0.05) is 125 Å². The summed E-state index contributed by atoms with van der Waals surface area (Å²) in [5.74, 6) is -0.413. The van der Waals surface area contributed by atoms with Gasteiger partial charge >= 0.3 is 13.8 Å². The van der Waals surface area contributed by atoms with Crippen LogP contribution in [0.2, 0.25) is 0 Å². The lowest BCUT2D eigenvalue weighted by Crippen LogP contribution is -2.29. The topological polar surface area (TPSA) is 132 Å². The van der Waals surface area contributed by atoms with Crippen molar-refractivity contribution in [2.75, 3.05) is 33.0 Å². The van der Waals surface area contributed by atoms with E-state index < -0.39 is 45.8 Å². The number of esters is 1. The van der Waals surface area contributed by atoms with E-state index in [0.29, 0.717) is 13.0 Å². The molecule has 0 fully saturated rings. The lowest BCUT2D eigenvalue weighted by Gasteiger charge is -2.20. The molecule has 0 aromatic carbocycles. The fraction of sp³-hybridized carbons (Fsp3) is 0.683. The molecule has 0 saturated heterocycles. The zero-order valence-corrected chi connectivity index (χ0v) is 32.7. The van der Waals surface area contributed by atoms with Crippen molar-refractivity contribution in [1.29, 1.82) is 0 Å². The number of carbonyl (C=O) groups is 1. The van der Waals surface area contributed by atoms with Crippen molar-refractivity contribution in [2.24, 2.45) is 0 Å². The minimum Gasteiger partial charge on any atom is -0.457 e. The average molecular weight is 739 g/mol. The summed E-state index contributed by atoms with van der Waals surface area (Å²) in [4.78, 5) is 22.5. The van der Waals surface area contributed by atoms with Crippen LogP contribution in [-0.4, -0.2) is 66.3 Å². The molecule has 0 saturated carbocycles. The predicted molar refractivity (Wildman–Crippen MR) is 209 cm³/mol. The molecule has 0 aliphatic carbocycles. The van der Waals surface area contributed by atoms with Crippen molar-refractivity contribution in [3.63, 3.8) is 0 Å². The van der Waals surface area contributed by atoms with Gasteiger partial charge in [-0.15, -0.1) is 0 Å². The number of hydrogen-bond donors (Lipinski definition) is 3. The third-order valence-corrected chi connectivity index (χ3v) is 8.58. The van der Waals surface area contributed by atoms with Crippen LogP contribution in [0.25, 0.3) is 0 Å². The van der Waals surface area contributed by atoms with E-state index in [1.54, 1.807) is 0 Å². The number of unbranched alkanes of at least 4 members (excludes halogenated alkanes) is 10. The van der Waals surface area contributed by atoms with E-state index in [2.05, 4.69) is 86.8 Å². The van der Waals surface area contributed by atoms with Crippen LogP contribution in [0.15, 0.2) is 72.9 Å². The fourth-order valence-corrected chi connectivity index (χ4v) is 5.44. The molecule has 0 spiro atoms. The van der Waals surface area contributed by atoms with Gasteiger partial charge in [-0.25, -0.2) is 4.57 Å². The van der Waals surface area contributed by atoms with Crippen LogP contribution in [0.3, 0.4) is 0 Å². The Morgan fingerprint density at radius 2 is 1.12 bits per heavy atom. The molecule has 0 radical (unpaired) electrons. The van der Waals surface area contributed by atoms with Crippen molar-refractivity contribution in [3.05, 3.63) is 72.9 Å². The van der Waals surface area contributed by atoms with Gasteiger partial charge in [0.1, 0.15) is 12.2 Å². The van der Waals surface area contributed by atoms with Gasteiger partial charge in [0.05, 0.1) is 26.4 Å². The van der Waals surface area contributed by atoms with Crippen LogP contribution in [0.1, 0.15) is 136 Å². The molecule has 0 aromatic rings. The highest BCUT2D eigenvalue weighted by molar-refractivity contribution is 7.47. The van der Waals surface area contributed by atoms with Gasteiger partial charge in [-0.05, 0) is 77.0 Å². The Kier molecular flexibility index (Phi) is 36.1. The van der Waals surface area contributed by atoms with Crippen LogP contribution in [-0.2, 0) is 27.9 Å². The number of aliphatic hydroxyl groups is 2. The van der Waals surface area contributed by atoms with Crippen LogP contribution in [0.5, 0.6) is 0 Å². The maximum Gasteiger partial charge on any atom is 0.472 e. The summed E-state index contributed by atoms with van der Waals surface area (Å²) in [6.07, 6.45) is 42.9. The Labute approximate surface area is 310 Å². The third kappa shape index (κ3) is 37.5. The lowest BCUT2D eigenvalue weighted by atomic mass is 10.1. The first kappa shape index (κ1) is 48.9. The van der Waals surface area contributed by atoms with Gasteiger partial charge in [-0.2, -0.15) is 0 Å². The van der Waals surface area contributed by atoms with E-state index in [9.17, 15) is 19.4 Å². The molecule has 0 aliphatic rings. The van der Waals surface area contributed by atoms with Crippen molar-refractivity contribution < 1.29 is 43.0 Å². The highest BCUT2D eigenvalue weighted by atomic mass is 31.2. The zero-order valence-electron chi connectivity index (χ0n) is 31.8. The molecule has 9 nitrogen and oxygen atoms in total. The Morgan fingerprint density at radius 3 is 1.69 bits per heavy atom. The molecule has 3 atom stereocenters. The number of allylic oxidation sites excluding steroid dienone is 12. The van der Waals surface area contributed by atoms with Crippen LogP contribution in [0, 0.1) is 0 Å². The minimum absolute atomic E-state index is 0.0178. The first-order valence-corrected chi connectivity index (χ1v) is 20.9. The van der Waals surface area contributed by atoms with E-state index in [4.69, 9.17) is 23.6 Å². The molecule has 294 valence electrons. The molecule has 3 N–H and O–H groups in total. The number of rotatable bonds is 36. The number of phosphoric ester groups is 1. The summed E-state index contributed by atoms with van der Waals surface area (Å²) in [5, 5.41) is 18.3. The van der Waals surface area contributed by atoms with Gasteiger partial charge in [0, 0.05) is 13.0 Å². The minimum atomic E-state index is -4.53. The zero-order chi connectivity index (χ0) is 37.5. The summed E-state index contributed by atoms with van der Waals surface area (Å²) in [5.41, 5.74) is 0. The van der Waals surface area contributed by atoms with Crippen molar-refractivity contribution >= 4 is 13.8 Å². The molecule has 0 aliphatic heterocycles. The van der Waals surface area contributed by atoms with E-state index in [1.165, 1.54) is 12.8 Å². The number of phosphoric acid groups is 1. The van der Waals surface area contributed by atoms with Crippen molar-refractivity contribution in [2.45, 2.75) is 148 Å². The monoisotopic (exact) mass is 738 g/mol. The van der Waals surface area contributed by atoms with Gasteiger partial charge < -0.3 is 24.6 Å². The Morgan fingerprint density at radius 1 is 0.627 bits per heavy atom. The molecule has 0 heterocycles. The van der Waals surface area contributed by atoms with Crippen LogP contribution >= 0.6 is 7.82 Å². The van der Waals surface area contributed by atoms with Gasteiger partial charge in [0.15, 0.2) is 0 Å². The highest BCUT2D eigenvalue weighted by Gasteiger charge is 2.26. The quantitative estimate of drug-likeness (QED) is 0.0249. The second-order valence-corrected chi connectivity index (χ2v) is 14.0. The van der Waals surface area contributed by atoms with E-state index in [1.807, 2.05) is 0 Å². The molecular formula is C41H71O9P. The molecule has 0 aromatic heterocycles. The first-order valence-electron chi connectivity index (χ1n) is 19.4. The van der Waals surface area contributed by atoms with Crippen LogP contribution < -0.4 is 0 Å². The van der Waals surface area contributed by atoms with Gasteiger partial charge in [0.2, 0.25) is 0 Å². The number of ether oxygens (including phenoxy) is 2. The summed E-state index contributed by atoms with van der Waals surface area (Å²) < 4.78 is 33.2. The maximum atomic E-state index is 12.6. The SMILES string of the molecule is CC/C=C\C/C=C\C/C=C\C/C=C\CCCCCOCC(COP(=O)(O)OCC(O)CO)OC(=O)CCCCCCC/C=C\C/C=C\CCCC. The Balaban J connectivity index is 4.34. The largest absolute Gasteiger partial charge is 0.472 e. The lowest BCUT2D eigenvalue weighted by molar-refractivity contribution is -0.154. The number of aliphatic hydroxyl groups excluding tert-OH is 2. The molecule has 3 unspecified atom stereocenters. The normalized spacial score (nSPS) is 15.0. The molecule has 0 bridgehead atoms. The standard InChI is InChI=1S/C41H71O9P/c1-3-5-7-9-11-13-15-17-19-20-22-24-26-28-30-32-34-47-37-40(38-49-51(45,46)48-36-39(43)35-42)50-41(44)33-31-29-27-25-23-21-18-16-14-12-10-8-6-4-2/h5,7,10-13,16-19,22,24,39-40,42-43H,3-4,6,8-9,14-15,20-21,23,25-38H2,1-2H3,(H,45,46)/b7-5-,12-10-,13-11-,18-16-,19-17-,24-22-. The smallest absolute Gasteiger partial charge is 0.457 e. The third-order valence-electron chi connectivity index (χ3n) is 7.63. The number of carbonyl (C=O) groups excluding carboxylic acids is 1. The van der Waals surface area contributed by atoms with E-state index in [0.717, 1.165) is 96.3 Å². The summed E-state index contributed by atoms with van der Waals surface area (Å²) >= 11 is 0. The predicted octanol–water partition coefficient (Wildman–Crippen LogP) is 10.2. The fourth-order valence-electron chi connectivity index (χ4n) is 4.65. The molecule has 0 rings (SSSR count). The van der Waals surface area contributed by atoms with E-state index >= 15 is 0 Å². The summed E-state index contributed by atoms with van der Waals surface area (Å²) in [6, 6.07) is 0. The Hall–Kier alpha value is -2.10. The molecule has 10 heteroatoms. The summed E-state index contributed by atoms with van der Waals surface area (Å²) in [6.45, 7) is 3.23. The maximum absolute atomic E-state index is 12.6. The Bertz CT molecular complexity index is 1020. The van der Waals surface area contributed by atoms with Gasteiger partial charge in [-0.3, -0.25) is 13.8 Å².